The van der Waals surface area contributed by atoms with E-state index < -0.39 is 5.97 Å². The van der Waals surface area contributed by atoms with E-state index in [9.17, 15) is 9.59 Å². The van der Waals surface area contributed by atoms with Gasteiger partial charge in [0.1, 0.15) is 0 Å². The highest BCUT2D eigenvalue weighted by Crippen LogP contribution is 2.36. The zero-order valence-corrected chi connectivity index (χ0v) is 16.2. The van der Waals surface area contributed by atoms with Gasteiger partial charge in [0.2, 0.25) is 5.91 Å². The molecule has 1 saturated heterocycles. The molecule has 1 aromatic carbocycles. The molecule has 0 saturated carbocycles. The van der Waals surface area contributed by atoms with Gasteiger partial charge in [0.15, 0.2) is 11.5 Å². The summed E-state index contributed by atoms with van der Waals surface area (Å²) in [5.41, 5.74) is 0.677. The quantitative estimate of drug-likeness (QED) is 0.679. The monoisotopic (exact) mass is 397 g/mol. The lowest BCUT2D eigenvalue weighted by molar-refractivity contribution is -0.138. The number of carboxylic acids is 1. The smallest absolute Gasteiger partial charge is 0.305 e. The fourth-order valence-electron chi connectivity index (χ4n) is 2.98. The first-order valence-electron chi connectivity index (χ1n) is 8.66. The second kappa shape index (κ2) is 10.2. The van der Waals surface area contributed by atoms with Gasteiger partial charge in [0.25, 0.3) is 0 Å². The average molecular weight is 398 g/mol. The van der Waals surface area contributed by atoms with Crippen molar-refractivity contribution in [1.82, 2.24) is 4.90 Å². The molecule has 1 amide bonds. The first kappa shape index (κ1) is 21.1. The Bertz CT molecular complexity index is 700. The molecule has 0 aliphatic carbocycles. The summed E-state index contributed by atoms with van der Waals surface area (Å²) in [6, 6.07) is 3.36. The van der Waals surface area contributed by atoms with E-state index in [1.54, 1.807) is 23.1 Å². The van der Waals surface area contributed by atoms with Crippen LogP contribution in [0.3, 0.4) is 0 Å². The molecule has 2 rings (SSSR count). The van der Waals surface area contributed by atoms with Crippen LogP contribution in [0, 0.1) is 0 Å². The number of nitrogens with zero attached hydrogens (tertiary/aromatic N) is 1. The predicted molar refractivity (Wildman–Crippen MR) is 101 cm³/mol. The van der Waals surface area contributed by atoms with Crippen LogP contribution >= 0.6 is 11.6 Å². The highest BCUT2D eigenvalue weighted by molar-refractivity contribution is 6.32. The number of halogens is 1. The zero-order valence-electron chi connectivity index (χ0n) is 15.4. The maximum Gasteiger partial charge on any atom is 0.305 e. The van der Waals surface area contributed by atoms with E-state index in [0.29, 0.717) is 48.1 Å². The summed E-state index contributed by atoms with van der Waals surface area (Å²) in [7, 11) is 3.00. The summed E-state index contributed by atoms with van der Waals surface area (Å²) in [4.78, 5) is 25.2. The molecular weight excluding hydrogens is 374 g/mol. The third-order valence-corrected chi connectivity index (χ3v) is 4.64. The average Bonchev–Trinajstić information content (AvgIpc) is 2.66. The molecule has 1 aliphatic rings. The molecule has 0 atom stereocenters. The molecule has 0 unspecified atom stereocenters. The molecule has 27 heavy (non-hydrogen) atoms. The van der Waals surface area contributed by atoms with Gasteiger partial charge in [-0.2, -0.15) is 0 Å². The minimum atomic E-state index is -0.935. The van der Waals surface area contributed by atoms with E-state index >= 15 is 0 Å². The van der Waals surface area contributed by atoms with Gasteiger partial charge in [-0.1, -0.05) is 11.6 Å². The Morgan fingerprint density at radius 2 is 2.00 bits per heavy atom. The van der Waals surface area contributed by atoms with Crippen molar-refractivity contribution >= 4 is 29.6 Å². The van der Waals surface area contributed by atoms with Gasteiger partial charge < -0.3 is 24.2 Å². The third-order valence-electron chi connectivity index (χ3n) is 4.36. The maximum absolute atomic E-state index is 12.7. The van der Waals surface area contributed by atoms with Crippen LogP contribution in [-0.2, 0) is 14.3 Å². The summed E-state index contributed by atoms with van der Waals surface area (Å²) in [6.45, 7) is 1.29. The van der Waals surface area contributed by atoms with Crippen LogP contribution in [0.1, 0.15) is 24.8 Å². The van der Waals surface area contributed by atoms with Crippen LogP contribution < -0.4 is 9.47 Å². The van der Waals surface area contributed by atoms with Crippen LogP contribution in [0.4, 0.5) is 0 Å². The number of benzene rings is 1. The van der Waals surface area contributed by atoms with Gasteiger partial charge in [-0.15, -0.1) is 0 Å². The number of methoxy groups -OCH3 is 2. The number of rotatable bonds is 8. The van der Waals surface area contributed by atoms with Gasteiger partial charge in [0.05, 0.1) is 25.7 Å². The fraction of sp³-hybridized carbons (Fsp3) is 0.474. The molecule has 1 aliphatic heterocycles. The lowest BCUT2D eigenvalue weighted by atomic mass is 10.1. The number of carboxylic acid groups (broad SMARTS) is 1. The van der Waals surface area contributed by atoms with Gasteiger partial charge in [-0.05, 0) is 36.6 Å². The minimum absolute atomic E-state index is 0.0239. The Morgan fingerprint density at radius 3 is 2.59 bits per heavy atom. The number of carbonyl (C=O) groups excluding carboxylic acids is 1. The first-order chi connectivity index (χ1) is 13.0. The third kappa shape index (κ3) is 5.87. The predicted octanol–water partition coefficient (Wildman–Crippen LogP) is 2.85. The number of aliphatic carboxylic acids is 1. The SMILES string of the molecule is COc1cc(C=CC(=O)N(CCC(=O)O)C2CCOCC2)cc(Cl)c1OC. The largest absolute Gasteiger partial charge is 0.493 e. The normalized spacial score (nSPS) is 14.9. The molecule has 148 valence electrons. The molecule has 1 N–H and O–H groups in total. The van der Waals surface area contributed by atoms with Crippen LogP contribution in [0.5, 0.6) is 11.5 Å². The van der Waals surface area contributed by atoms with Crippen molar-refractivity contribution in [2.45, 2.75) is 25.3 Å². The second-order valence-electron chi connectivity index (χ2n) is 6.09. The van der Waals surface area contributed by atoms with Crippen LogP contribution in [0.25, 0.3) is 6.08 Å². The molecule has 0 aromatic heterocycles. The molecule has 0 radical (unpaired) electrons. The Balaban J connectivity index is 2.17. The number of ether oxygens (including phenoxy) is 3. The molecule has 1 heterocycles. The van der Waals surface area contributed by atoms with Crippen molar-refractivity contribution < 1.29 is 28.9 Å². The Morgan fingerprint density at radius 1 is 1.30 bits per heavy atom. The topological polar surface area (TPSA) is 85.3 Å². The molecule has 1 fully saturated rings. The fourth-order valence-corrected chi connectivity index (χ4v) is 3.28. The van der Waals surface area contributed by atoms with Gasteiger partial charge in [-0.25, -0.2) is 0 Å². The zero-order chi connectivity index (χ0) is 19.8. The Kier molecular flexibility index (Phi) is 7.94. The lowest BCUT2D eigenvalue weighted by Crippen LogP contribution is -2.43. The van der Waals surface area contributed by atoms with Crippen molar-refractivity contribution in [2.24, 2.45) is 0 Å². The molecule has 0 spiro atoms. The van der Waals surface area contributed by atoms with Crippen molar-refractivity contribution in [3.63, 3.8) is 0 Å². The van der Waals surface area contributed by atoms with Crippen molar-refractivity contribution in [2.75, 3.05) is 34.0 Å². The lowest BCUT2D eigenvalue weighted by Gasteiger charge is -2.33. The molecule has 0 bridgehead atoms. The van der Waals surface area contributed by atoms with E-state index in [4.69, 9.17) is 30.9 Å². The van der Waals surface area contributed by atoms with Crippen LogP contribution in [0.15, 0.2) is 18.2 Å². The molecule has 8 heteroatoms. The second-order valence-corrected chi connectivity index (χ2v) is 6.50. The maximum atomic E-state index is 12.7. The van der Waals surface area contributed by atoms with E-state index in [1.165, 1.54) is 20.3 Å². The first-order valence-corrected chi connectivity index (χ1v) is 9.03. The molecular formula is C19H24ClNO6. The van der Waals surface area contributed by atoms with Gasteiger partial charge >= 0.3 is 5.97 Å². The van der Waals surface area contributed by atoms with E-state index in [2.05, 4.69) is 0 Å². The summed E-state index contributed by atoms with van der Waals surface area (Å²) in [5.74, 6) is -0.290. The summed E-state index contributed by atoms with van der Waals surface area (Å²) in [6.07, 6.45) is 4.35. The van der Waals surface area contributed by atoms with Crippen molar-refractivity contribution in [3.8, 4) is 11.5 Å². The molecule has 1 aromatic rings. The number of hydrogen-bond donors (Lipinski definition) is 1. The van der Waals surface area contributed by atoms with Gasteiger partial charge in [-0.3, -0.25) is 9.59 Å². The highest BCUT2D eigenvalue weighted by atomic mass is 35.5. The minimum Gasteiger partial charge on any atom is -0.493 e. The molecule has 7 nitrogen and oxygen atoms in total. The highest BCUT2D eigenvalue weighted by Gasteiger charge is 2.25. The van der Waals surface area contributed by atoms with E-state index in [0.717, 1.165) is 0 Å². The Labute approximate surface area is 163 Å². The van der Waals surface area contributed by atoms with E-state index in [1.807, 2.05) is 0 Å². The Hall–Kier alpha value is -2.25. The summed E-state index contributed by atoms with van der Waals surface area (Å²) < 4.78 is 15.8. The summed E-state index contributed by atoms with van der Waals surface area (Å²) >= 11 is 6.18. The number of carbonyl (C=O) groups is 2. The standard InChI is InChI=1S/C19H24ClNO6/c1-25-16-12-13(11-15(20)19(16)26-2)3-4-17(22)21(8-5-18(23)24)14-6-9-27-10-7-14/h3-4,11-12,14H,5-10H2,1-2H3,(H,23,24). The van der Waals surface area contributed by atoms with Crippen LogP contribution in [-0.4, -0.2) is 61.9 Å². The number of hydrogen-bond acceptors (Lipinski definition) is 5. The van der Waals surface area contributed by atoms with E-state index in [-0.39, 0.29) is 24.9 Å². The van der Waals surface area contributed by atoms with Crippen molar-refractivity contribution in [3.05, 3.63) is 28.8 Å². The summed E-state index contributed by atoms with van der Waals surface area (Å²) in [5, 5.41) is 9.34. The van der Waals surface area contributed by atoms with Crippen molar-refractivity contribution in [1.29, 1.82) is 0 Å². The van der Waals surface area contributed by atoms with Crippen LogP contribution in [0.2, 0.25) is 5.02 Å². The van der Waals surface area contributed by atoms with Gasteiger partial charge in [0, 0.05) is 31.9 Å². The number of amides is 1.